The molecule has 0 saturated carbocycles. The van der Waals surface area contributed by atoms with Crippen LogP contribution in [0.2, 0.25) is 0 Å². The van der Waals surface area contributed by atoms with Crippen molar-refractivity contribution in [2.24, 2.45) is 11.8 Å². The molecule has 0 bridgehead atoms. The van der Waals surface area contributed by atoms with Gasteiger partial charge in [-0.2, -0.15) is 0 Å². The van der Waals surface area contributed by atoms with Gasteiger partial charge >= 0.3 is 0 Å². The average molecular weight is 474 g/mol. The van der Waals surface area contributed by atoms with Crippen LogP contribution in [0.1, 0.15) is 55.8 Å². The Hall–Kier alpha value is -2.77. The van der Waals surface area contributed by atoms with Crippen molar-refractivity contribution in [3.63, 3.8) is 0 Å². The van der Waals surface area contributed by atoms with Gasteiger partial charge in [0.25, 0.3) is 5.91 Å². The van der Waals surface area contributed by atoms with E-state index in [1.54, 1.807) is 37.3 Å². The second-order valence-electron chi connectivity index (χ2n) is 9.38. The summed E-state index contributed by atoms with van der Waals surface area (Å²) in [4.78, 5) is 44.3. The second kappa shape index (κ2) is 12.1. The number of carbonyl (C=O) groups is 3. The summed E-state index contributed by atoms with van der Waals surface area (Å²) < 4.78 is 10.6. The molecule has 0 atom stereocenters. The molecule has 3 amide bonds. The minimum atomic E-state index is -0.0744. The summed E-state index contributed by atoms with van der Waals surface area (Å²) in [5, 5.41) is 0. The highest BCUT2D eigenvalue weighted by molar-refractivity contribution is 5.95. The monoisotopic (exact) mass is 473 g/mol. The quantitative estimate of drug-likeness (QED) is 0.580. The number of amides is 3. The lowest BCUT2D eigenvalue weighted by molar-refractivity contribution is -0.142. The van der Waals surface area contributed by atoms with Crippen LogP contribution < -0.4 is 9.47 Å². The van der Waals surface area contributed by atoms with E-state index in [-0.39, 0.29) is 29.6 Å². The molecule has 2 heterocycles. The third kappa shape index (κ3) is 6.21. The Labute approximate surface area is 203 Å². The van der Waals surface area contributed by atoms with Gasteiger partial charge in [-0.25, -0.2) is 0 Å². The number of carbonyl (C=O) groups excluding carboxylic acids is 3. The van der Waals surface area contributed by atoms with Gasteiger partial charge < -0.3 is 24.2 Å². The molecule has 1 aromatic rings. The fourth-order valence-electron chi connectivity index (χ4n) is 4.87. The van der Waals surface area contributed by atoms with Crippen LogP contribution in [-0.2, 0) is 9.59 Å². The summed E-state index contributed by atoms with van der Waals surface area (Å²) in [5.74, 6) is 1.41. The lowest BCUT2D eigenvalue weighted by atomic mass is 9.91. The van der Waals surface area contributed by atoms with E-state index in [0.29, 0.717) is 56.1 Å². The lowest BCUT2D eigenvalue weighted by Gasteiger charge is -2.37. The molecule has 3 rings (SSSR count). The van der Waals surface area contributed by atoms with E-state index >= 15 is 0 Å². The summed E-state index contributed by atoms with van der Waals surface area (Å²) in [5.41, 5.74) is 0.525. The first-order valence-electron chi connectivity index (χ1n) is 12.4. The molecule has 2 saturated heterocycles. The first-order chi connectivity index (χ1) is 16.4. The highest BCUT2D eigenvalue weighted by atomic mass is 16.5. The van der Waals surface area contributed by atoms with Crippen molar-refractivity contribution in [1.82, 2.24) is 14.7 Å². The van der Waals surface area contributed by atoms with Gasteiger partial charge in [-0.05, 0) is 44.2 Å². The van der Waals surface area contributed by atoms with Gasteiger partial charge in [0, 0.05) is 63.2 Å². The Morgan fingerprint density at radius 3 is 1.94 bits per heavy atom. The number of hydrogen-bond donors (Lipinski definition) is 0. The van der Waals surface area contributed by atoms with E-state index < -0.39 is 0 Å². The molecule has 0 radical (unpaired) electrons. The van der Waals surface area contributed by atoms with Gasteiger partial charge in [0.05, 0.1) is 14.2 Å². The standard InChI is InChI=1S/C26H39N3O5/c1-5-6-11-27(2)24(30)19-7-12-28(13-8-19)25(31)20-9-14-29(15-10-20)26(32)21-16-22(33-3)18-23(17-21)34-4/h16-20H,5-15H2,1-4H3. The maximum absolute atomic E-state index is 13.1. The number of methoxy groups -OCH3 is 2. The van der Waals surface area contributed by atoms with E-state index in [1.807, 2.05) is 16.8 Å². The molecule has 0 aromatic heterocycles. The zero-order valence-electron chi connectivity index (χ0n) is 21.0. The largest absolute Gasteiger partial charge is 0.497 e. The zero-order valence-corrected chi connectivity index (χ0v) is 21.0. The number of rotatable bonds is 8. The zero-order chi connectivity index (χ0) is 24.7. The Bertz CT molecular complexity index is 836. The molecule has 188 valence electrons. The Morgan fingerprint density at radius 1 is 0.882 bits per heavy atom. The number of benzene rings is 1. The van der Waals surface area contributed by atoms with Crippen molar-refractivity contribution < 1.29 is 23.9 Å². The Kier molecular flexibility index (Phi) is 9.19. The molecule has 34 heavy (non-hydrogen) atoms. The van der Waals surface area contributed by atoms with Crippen LogP contribution in [0.5, 0.6) is 11.5 Å². The predicted molar refractivity (Wildman–Crippen MR) is 130 cm³/mol. The molecular formula is C26H39N3O5. The number of piperidine rings is 2. The van der Waals surface area contributed by atoms with Crippen molar-refractivity contribution in [2.45, 2.75) is 45.4 Å². The predicted octanol–water partition coefficient (Wildman–Crippen LogP) is 3.05. The number of hydrogen-bond acceptors (Lipinski definition) is 5. The van der Waals surface area contributed by atoms with E-state index in [4.69, 9.17) is 9.47 Å². The van der Waals surface area contributed by atoms with Gasteiger partial charge in [-0.3, -0.25) is 14.4 Å². The Morgan fingerprint density at radius 2 is 1.41 bits per heavy atom. The lowest BCUT2D eigenvalue weighted by Crippen LogP contribution is -2.48. The van der Waals surface area contributed by atoms with Gasteiger partial charge in [0.2, 0.25) is 11.8 Å². The van der Waals surface area contributed by atoms with Gasteiger partial charge in [-0.1, -0.05) is 13.3 Å². The molecule has 2 aliphatic heterocycles. The molecule has 0 unspecified atom stereocenters. The molecular weight excluding hydrogens is 434 g/mol. The second-order valence-corrected chi connectivity index (χ2v) is 9.38. The smallest absolute Gasteiger partial charge is 0.254 e. The SMILES string of the molecule is CCCCN(C)C(=O)C1CCN(C(=O)C2CCN(C(=O)c3cc(OC)cc(OC)c3)CC2)CC1. The van der Waals surface area contributed by atoms with E-state index in [9.17, 15) is 14.4 Å². The highest BCUT2D eigenvalue weighted by Gasteiger charge is 2.34. The molecule has 8 nitrogen and oxygen atoms in total. The summed E-state index contributed by atoms with van der Waals surface area (Å²) >= 11 is 0. The van der Waals surface area contributed by atoms with Gasteiger partial charge in [-0.15, -0.1) is 0 Å². The molecule has 0 N–H and O–H groups in total. The maximum atomic E-state index is 13.1. The Balaban J connectivity index is 1.49. The molecule has 0 spiro atoms. The molecule has 2 fully saturated rings. The van der Waals surface area contributed by atoms with Gasteiger partial charge in [0.1, 0.15) is 11.5 Å². The minimum absolute atomic E-state index is 0.0187. The van der Waals surface area contributed by atoms with Crippen LogP contribution in [0, 0.1) is 11.8 Å². The van der Waals surface area contributed by atoms with Crippen molar-refractivity contribution in [1.29, 1.82) is 0 Å². The van der Waals surface area contributed by atoms with Crippen molar-refractivity contribution in [3.8, 4) is 11.5 Å². The van der Waals surface area contributed by atoms with Crippen molar-refractivity contribution >= 4 is 17.7 Å². The fourth-order valence-corrected chi connectivity index (χ4v) is 4.87. The molecule has 2 aliphatic rings. The normalized spacial score (nSPS) is 17.4. The maximum Gasteiger partial charge on any atom is 0.254 e. The van der Waals surface area contributed by atoms with E-state index in [1.165, 1.54) is 0 Å². The average Bonchev–Trinajstić information content (AvgIpc) is 2.90. The van der Waals surface area contributed by atoms with E-state index in [0.717, 1.165) is 32.2 Å². The van der Waals surface area contributed by atoms with Crippen LogP contribution in [0.25, 0.3) is 0 Å². The molecule has 0 aliphatic carbocycles. The summed E-state index contributed by atoms with van der Waals surface area (Å²) in [6, 6.07) is 5.17. The third-order valence-electron chi connectivity index (χ3n) is 7.11. The number of likely N-dealkylation sites (tertiary alicyclic amines) is 2. The van der Waals surface area contributed by atoms with Crippen molar-refractivity contribution in [3.05, 3.63) is 23.8 Å². The topological polar surface area (TPSA) is 79.4 Å². The highest BCUT2D eigenvalue weighted by Crippen LogP contribution is 2.27. The number of ether oxygens (including phenoxy) is 2. The van der Waals surface area contributed by atoms with Crippen LogP contribution in [0.15, 0.2) is 18.2 Å². The van der Waals surface area contributed by atoms with Crippen LogP contribution in [-0.4, -0.2) is 86.4 Å². The first kappa shape index (κ1) is 25.8. The molecule has 1 aromatic carbocycles. The van der Waals surface area contributed by atoms with Crippen LogP contribution >= 0.6 is 0 Å². The third-order valence-corrected chi connectivity index (χ3v) is 7.11. The van der Waals surface area contributed by atoms with Crippen molar-refractivity contribution in [2.75, 3.05) is 54.0 Å². The number of unbranched alkanes of at least 4 members (excludes halogenated alkanes) is 1. The minimum Gasteiger partial charge on any atom is -0.497 e. The summed E-state index contributed by atoms with van der Waals surface area (Å²) in [6.45, 7) is 5.30. The van der Waals surface area contributed by atoms with Gasteiger partial charge in [0.15, 0.2) is 0 Å². The van der Waals surface area contributed by atoms with E-state index in [2.05, 4.69) is 6.92 Å². The molecule has 8 heteroatoms. The summed E-state index contributed by atoms with van der Waals surface area (Å²) in [6.07, 6.45) is 4.87. The van der Waals surface area contributed by atoms with Crippen LogP contribution in [0.3, 0.4) is 0 Å². The number of nitrogens with zero attached hydrogens (tertiary/aromatic N) is 3. The first-order valence-corrected chi connectivity index (χ1v) is 12.4. The fraction of sp³-hybridized carbons (Fsp3) is 0.654. The summed E-state index contributed by atoms with van der Waals surface area (Å²) in [7, 11) is 5.00. The van der Waals surface area contributed by atoms with Crippen LogP contribution in [0.4, 0.5) is 0 Å².